The summed E-state index contributed by atoms with van der Waals surface area (Å²) in [4.78, 5) is 27.1. The standard InChI is InChI=1S/C25H30N2O4S/c1-15-11-17(3)23(18(4)12-15)26-32(30,31)22-13-19(10-9-16(22)2)14-27-24(28)20-7-5-6-8-21(20)25(27)29/h9-13,20-21,26H,5-8,14H2,1-4H3/t20-,21-/m1/s1. The van der Waals surface area contributed by atoms with E-state index in [1.54, 1.807) is 25.1 Å². The number of aryl methyl sites for hydroxylation is 4. The van der Waals surface area contributed by atoms with E-state index in [1.807, 2.05) is 32.9 Å². The number of sulfonamides is 1. The Morgan fingerprint density at radius 2 is 1.44 bits per heavy atom. The average molecular weight is 455 g/mol. The normalized spacial score (nSPS) is 21.1. The summed E-state index contributed by atoms with van der Waals surface area (Å²) in [6.45, 7) is 7.59. The Kier molecular flexibility index (Phi) is 5.88. The fourth-order valence-electron chi connectivity index (χ4n) is 5.13. The first-order valence-electron chi connectivity index (χ1n) is 11.1. The zero-order valence-electron chi connectivity index (χ0n) is 19.1. The van der Waals surface area contributed by atoms with Gasteiger partial charge in [0.1, 0.15) is 0 Å². The fraction of sp³-hybridized carbons (Fsp3) is 0.440. The first kappa shape index (κ1) is 22.5. The van der Waals surface area contributed by atoms with Crippen LogP contribution >= 0.6 is 0 Å². The molecule has 0 unspecified atom stereocenters. The van der Waals surface area contributed by atoms with Crippen LogP contribution in [0.25, 0.3) is 0 Å². The average Bonchev–Trinajstić information content (AvgIpc) is 2.97. The highest BCUT2D eigenvalue weighted by Gasteiger charge is 2.47. The summed E-state index contributed by atoms with van der Waals surface area (Å²) < 4.78 is 29.3. The Balaban J connectivity index is 1.62. The fourth-order valence-corrected chi connectivity index (χ4v) is 6.63. The predicted molar refractivity (Wildman–Crippen MR) is 124 cm³/mol. The quantitative estimate of drug-likeness (QED) is 0.679. The molecule has 6 nitrogen and oxygen atoms in total. The van der Waals surface area contributed by atoms with Gasteiger partial charge >= 0.3 is 0 Å². The molecule has 1 aliphatic carbocycles. The van der Waals surface area contributed by atoms with E-state index >= 15 is 0 Å². The Morgan fingerprint density at radius 3 is 2.00 bits per heavy atom. The minimum atomic E-state index is -3.84. The molecule has 2 aromatic carbocycles. The Bertz CT molecular complexity index is 1160. The summed E-state index contributed by atoms with van der Waals surface area (Å²) in [5.41, 5.74) is 4.60. The van der Waals surface area contributed by atoms with E-state index in [-0.39, 0.29) is 35.1 Å². The number of carbonyl (C=O) groups excluding carboxylic acids is 2. The minimum Gasteiger partial charge on any atom is -0.279 e. The molecular weight excluding hydrogens is 424 g/mol. The number of nitrogens with zero attached hydrogens (tertiary/aromatic N) is 1. The van der Waals surface area contributed by atoms with Crippen molar-refractivity contribution in [1.29, 1.82) is 0 Å². The van der Waals surface area contributed by atoms with E-state index < -0.39 is 10.0 Å². The molecule has 2 aliphatic rings. The third kappa shape index (κ3) is 4.06. The maximum atomic E-state index is 13.3. The van der Waals surface area contributed by atoms with Gasteiger partial charge in [0.2, 0.25) is 11.8 Å². The van der Waals surface area contributed by atoms with Crippen molar-refractivity contribution in [3.63, 3.8) is 0 Å². The highest BCUT2D eigenvalue weighted by molar-refractivity contribution is 7.92. The van der Waals surface area contributed by atoms with E-state index in [1.165, 1.54) is 4.90 Å². The Morgan fingerprint density at radius 1 is 0.875 bits per heavy atom. The SMILES string of the molecule is Cc1cc(C)c(NS(=O)(=O)c2cc(CN3C(=O)[C@@H]4CCCC[C@H]4C3=O)ccc2C)c(C)c1. The molecule has 170 valence electrons. The first-order chi connectivity index (χ1) is 15.1. The van der Waals surface area contributed by atoms with Crippen molar-refractivity contribution < 1.29 is 18.0 Å². The number of imide groups is 1. The molecule has 0 spiro atoms. The van der Waals surface area contributed by atoms with Crippen LogP contribution in [0.4, 0.5) is 5.69 Å². The summed E-state index contributed by atoms with van der Waals surface area (Å²) in [7, 11) is -3.84. The number of fused-ring (bicyclic) bond motifs is 1. The molecule has 2 atom stereocenters. The number of anilines is 1. The molecule has 1 aliphatic heterocycles. The van der Waals surface area contributed by atoms with Crippen LogP contribution in [0.5, 0.6) is 0 Å². The topological polar surface area (TPSA) is 83.6 Å². The van der Waals surface area contributed by atoms with Gasteiger partial charge in [-0.2, -0.15) is 0 Å². The number of rotatable bonds is 5. The number of nitrogens with one attached hydrogen (secondary N) is 1. The first-order valence-corrected chi connectivity index (χ1v) is 12.6. The molecule has 2 fully saturated rings. The van der Waals surface area contributed by atoms with E-state index in [0.717, 1.165) is 42.4 Å². The van der Waals surface area contributed by atoms with Gasteiger partial charge in [-0.1, -0.05) is 42.7 Å². The molecule has 2 aromatic rings. The van der Waals surface area contributed by atoms with Crippen LogP contribution in [0, 0.1) is 39.5 Å². The number of hydrogen-bond donors (Lipinski definition) is 1. The van der Waals surface area contributed by atoms with Gasteiger partial charge in [0.15, 0.2) is 0 Å². The molecule has 0 aromatic heterocycles. The minimum absolute atomic E-state index is 0.107. The Hall–Kier alpha value is -2.67. The molecule has 32 heavy (non-hydrogen) atoms. The largest absolute Gasteiger partial charge is 0.279 e. The van der Waals surface area contributed by atoms with Gasteiger partial charge in [-0.05, 0) is 68.9 Å². The lowest BCUT2D eigenvalue weighted by atomic mass is 9.81. The number of amides is 2. The van der Waals surface area contributed by atoms with Crippen molar-refractivity contribution in [2.24, 2.45) is 11.8 Å². The molecule has 1 saturated heterocycles. The Labute approximate surface area is 190 Å². The second kappa shape index (κ2) is 8.35. The van der Waals surface area contributed by atoms with Crippen LogP contribution in [0.15, 0.2) is 35.2 Å². The van der Waals surface area contributed by atoms with Gasteiger partial charge in [-0.15, -0.1) is 0 Å². The third-order valence-electron chi connectivity index (χ3n) is 6.73. The smallest absolute Gasteiger partial charge is 0.262 e. The van der Waals surface area contributed by atoms with E-state index in [2.05, 4.69) is 4.72 Å². The van der Waals surface area contributed by atoms with Crippen molar-refractivity contribution in [3.8, 4) is 0 Å². The zero-order valence-corrected chi connectivity index (χ0v) is 19.9. The molecule has 1 heterocycles. The molecule has 1 saturated carbocycles. The lowest BCUT2D eigenvalue weighted by Crippen LogP contribution is -2.30. The molecule has 0 radical (unpaired) electrons. The van der Waals surface area contributed by atoms with Crippen molar-refractivity contribution in [3.05, 3.63) is 58.1 Å². The summed E-state index contributed by atoms with van der Waals surface area (Å²) in [5, 5.41) is 0. The lowest BCUT2D eigenvalue weighted by molar-refractivity contribution is -0.140. The second-order valence-electron chi connectivity index (χ2n) is 9.24. The number of carbonyl (C=O) groups is 2. The number of benzene rings is 2. The van der Waals surface area contributed by atoms with Crippen LogP contribution in [-0.4, -0.2) is 25.1 Å². The molecule has 2 amide bonds. The van der Waals surface area contributed by atoms with Crippen LogP contribution in [0.1, 0.15) is 53.5 Å². The predicted octanol–water partition coefficient (Wildman–Crippen LogP) is 4.40. The summed E-state index contributed by atoms with van der Waals surface area (Å²) >= 11 is 0. The monoisotopic (exact) mass is 454 g/mol. The van der Waals surface area contributed by atoms with Gasteiger partial charge in [-0.25, -0.2) is 8.42 Å². The molecule has 4 rings (SSSR count). The molecular formula is C25H30N2O4S. The van der Waals surface area contributed by atoms with Gasteiger partial charge < -0.3 is 0 Å². The van der Waals surface area contributed by atoms with E-state index in [4.69, 9.17) is 0 Å². The maximum absolute atomic E-state index is 13.3. The van der Waals surface area contributed by atoms with Gasteiger partial charge in [0.25, 0.3) is 10.0 Å². The third-order valence-corrected chi connectivity index (χ3v) is 8.22. The van der Waals surface area contributed by atoms with Crippen molar-refractivity contribution in [2.75, 3.05) is 4.72 Å². The highest BCUT2D eigenvalue weighted by atomic mass is 32.2. The highest BCUT2D eigenvalue weighted by Crippen LogP contribution is 2.38. The zero-order chi connectivity index (χ0) is 23.2. The van der Waals surface area contributed by atoms with E-state index in [9.17, 15) is 18.0 Å². The maximum Gasteiger partial charge on any atom is 0.262 e. The summed E-state index contributed by atoms with van der Waals surface area (Å²) in [6, 6.07) is 8.99. The molecule has 0 bridgehead atoms. The van der Waals surface area contributed by atoms with Crippen LogP contribution in [0.2, 0.25) is 0 Å². The van der Waals surface area contributed by atoms with Crippen molar-refractivity contribution in [2.45, 2.75) is 64.8 Å². The van der Waals surface area contributed by atoms with Gasteiger partial charge in [0, 0.05) is 0 Å². The van der Waals surface area contributed by atoms with Crippen molar-refractivity contribution in [1.82, 2.24) is 4.90 Å². The van der Waals surface area contributed by atoms with Gasteiger partial charge in [-0.3, -0.25) is 19.2 Å². The number of hydrogen-bond acceptors (Lipinski definition) is 4. The van der Waals surface area contributed by atoms with Crippen LogP contribution in [0.3, 0.4) is 0 Å². The summed E-state index contributed by atoms with van der Waals surface area (Å²) in [6.07, 6.45) is 3.48. The number of likely N-dealkylation sites (tertiary alicyclic amines) is 1. The van der Waals surface area contributed by atoms with Crippen LogP contribution < -0.4 is 4.72 Å². The second-order valence-corrected chi connectivity index (χ2v) is 10.9. The van der Waals surface area contributed by atoms with E-state index in [0.29, 0.717) is 16.8 Å². The summed E-state index contributed by atoms with van der Waals surface area (Å²) in [5.74, 6) is -0.652. The molecule has 7 heteroatoms. The molecule has 1 N–H and O–H groups in total. The van der Waals surface area contributed by atoms with Crippen LogP contribution in [-0.2, 0) is 26.2 Å². The van der Waals surface area contributed by atoms with Gasteiger partial charge in [0.05, 0.1) is 29.0 Å². The van der Waals surface area contributed by atoms with Crippen molar-refractivity contribution >= 4 is 27.5 Å². The lowest BCUT2D eigenvalue weighted by Gasteiger charge is -2.19.